The van der Waals surface area contributed by atoms with Crippen molar-refractivity contribution in [3.8, 4) is 17.0 Å². The maximum absolute atomic E-state index is 13.7. The molecule has 0 radical (unpaired) electrons. The summed E-state index contributed by atoms with van der Waals surface area (Å²) in [7, 11) is 0. The van der Waals surface area contributed by atoms with E-state index in [1.165, 1.54) is 12.5 Å². The van der Waals surface area contributed by atoms with Gasteiger partial charge in [0.25, 0.3) is 0 Å². The molecule has 5 rings (SSSR count). The number of nitrogens with zero attached hydrogens (tertiary/aromatic N) is 4. The molecule has 1 aromatic carbocycles. The molecule has 0 bridgehead atoms. The van der Waals surface area contributed by atoms with Crippen molar-refractivity contribution in [2.24, 2.45) is 5.92 Å². The van der Waals surface area contributed by atoms with Crippen LogP contribution in [0.2, 0.25) is 0 Å². The third kappa shape index (κ3) is 4.62. The van der Waals surface area contributed by atoms with Crippen molar-refractivity contribution in [3.63, 3.8) is 0 Å². The van der Waals surface area contributed by atoms with Crippen LogP contribution in [-0.2, 0) is 12.6 Å². The minimum absolute atomic E-state index is 0.0782. The van der Waals surface area contributed by atoms with Gasteiger partial charge in [0.15, 0.2) is 0 Å². The second-order valence-electron chi connectivity index (χ2n) is 8.81. The molecule has 2 atom stereocenters. The Morgan fingerprint density at radius 1 is 1.03 bits per heavy atom. The summed E-state index contributed by atoms with van der Waals surface area (Å²) in [6.45, 7) is 5.55. The Labute approximate surface area is 200 Å². The molecule has 0 fully saturated rings. The molecule has 0 saturated heterocycles. The Balaban J connectivity index is 1.36. The first-order valence-electron chi connectivity index (χ1n) is 11.4. The summed E-state index contributed by atoms with van der Waals surface area (Å²) in [5.41, 5.74) is 2.03. The summed E-state index contributed by atoms with van der Waals surface area (Å²) >= 11 is 0. The lowest BCUT2D eigenvalue weighted by molar-refractivity contribution is -0.136. The highest BCUT2D eigenvalue weighted by Gasteiger charge is 2.34. The molecule has 1 aliphatic rings. The first-order valence-corrected chi connectivity index (χ1v) is 11.4. The molecule has 0 amide bonds. The molecule has 0 aliphatic carbocycles. The van der Waals surface area contributed by atoms with E-state index in [9.17, 15) is 13.2 Å². The van der Waals surface area contributed by atoms with Crippen LogP contribution in [0.3, 0.4) is 0 Å². The van der Waals surface area contributed by atoms with Gasteiger partial charge in [-0.15, -0.1) is 0 Å². The lowest BCUT2D eigenvalue weighted by Gasteiger charge is -2.22. The first-order chi connectivity index (χ1) is 16.8. The molecule has 0 saturated carbocycles. The number of ether oxygens (including phenoxy) is 1. The minimum atomic E-state index is -4.53. The number of hydrogen-bond donors (Lipinski definition) is 1. The fraction of sp³-hybridized carbons (Fsp3) is 0.308. The van der Waals surface area contributed by atoms with Gasteiger partial charge in [0, 0.05) is 47.9 Å². The van der Waals surface area contributed by atoms with Crippen LogP contribution in [0.1, 0.15) is 36.6 Å². The van der Waals surface area contributed by atoms with Gasteiger partial charge in [-0.1, -0.05) is 19.9 Å². The highest BCUT2D eigenvalue weighted by Crippen LogP contribution is 2.38. The van der Waals surface area contributed by atoms with Crippen molar-refractivity contribution in [1.82, 2.24) is 19.9 Å². The second-order valence-corrected chi connectivity index (χ2v) is 8.81. The van der Waals surface area contributed by atoms with Gasteiger partial charge in [-0.25, -0.2) is 9.97 Å². The zero-order valence-corrected chi connectivity index (χ0v) is 19.3. The fourth-order valence-corrected chi connectivity index (χ4v) is 4.38. The van der Waals surface area contributed by atoms with Crippen molar-refractivity contribution in [2.75, 3.05) is 18.5 Å². The summed E-state index contributed by atoms with van der Waals surface area (Å²) in [6, 6.07) is 9.66. The monoisotopic (exact) mass is 479 g/mol. The number of anilines is 1. The van der Waals surface area contributed by atoms with Gasteiger partial charge in [0.05, 0.1) is 29.1 Å². The second kappa shape index (κ2) is 9.13. The summed E-state index contributed by atoms with van der Waals surface area (Å²) in [5, 5.41) is 3.72. The average Bonchev–Trinajstić information content (AvgIpc) is 3.35. The van der Waals surface area contributed by atoms with Gasteiger partial charge in [0.2, 0.25) is 0 Å². The first kappa shape index (κ1) is 23.0. The van der Waals surface area contributed by atoms with E-state index in [-0.39, 0.29) is 17.4 Å². The lowest BCUT2D eigenvalue weighted by atomic mass is 9.88. The lowest BCUT2D eigenvalue weighted by Crippen LogP contribution is -2.18. The predicted molar refractivity (Wildman–Crippen MR) is 127 cm³/mol. The van der Waals surface area contributed by atoms with E-state index >= 15 is 0 Å². The van der Waals surface area contributed by atoms with Gasteiger partial charge < -0.3 is 10.1 Å². The number of rotatable bonds is 6. The van der Waals surface area contributed by atoms with Crippen molar-refractivity contribution >= 4 is 16.7 Å². The fourth-order valence-electron chi connectivity index (χ4n) is 4.38. The Bertz CT molecular complexity index is 1370. The molecule has 6 nitrogen and oxygen atoms in total. The van der Waals surface area contributed by atoms with Crippen LogP contribution >= 0.6 is 0 Å². The molecule has 1 unspecified atom stereocenters. The van der Waals surface area contributed by atoms with E-state index in [0.717, 1.165) is 29.5 Å². The van der Waals surface area contributed by atoms with Crippen LogP contribution in [-0.4, -0.2) is 33.1 Å². The number of halogens is 3. The zero-order chi connectivity index (χ0) is 24.6. The van der Waals surface area contributed by atoms with E-state index < -0.39 is 11.7 Å². The van der Waals surface area contributed by atoms with Gasteiger partial charge in [-0.3, -0.25) is 9.97 Å². The highest BCUT2D eigenvalue weighted by atomic mass is 19.4. The minimum Gasteiger partial charge on any atom is -0.491 e. The maximum Gasteiger partial charge on any atom is 0.418 e. The number of fused-ring (bicyclic) bond motifs is 2. The SMILES string of the molecule is CC(c1ccnc2c1OCC2)[C@H](C)CNc1cc(-c2cc(C(F)(F)F)c3ncccc3c2)ncn1. The molecular weight excluding hydrogens is 455 g/mol. The van der Waals surface area contributed by atoms with Crippen LogP contribution in [0.5, 0.6) is 5.75 Å². The zero-order valence-electron chi connectivity index (χ0n) is 19.3. The molecular formula is C26H24F3N5O. The smallest absolute Gasteiger partial charge is 0.418 e. The molecule has 180 valence electrons. The van der Waals surface area contributed by atoms with Gasteiger partial charge >= 0.3 is 6.18 Å². The molecule has 9 heteroatoms. The number of alkyl halides is 3. The predicted octanol–water partition coefficient (Wildman–Crippen LogP) is 5.89. The molecule has 0 spiro atoms. The molecule has 4 aromatic rings. The van der Waals surface area contributed by atoms with Crippen LogP contribution in [0.25, 0.3) is 22.2 Å². The standard InChI is InChI=1S/C26H24F3N5O/c1-15(16(2)19-5-8-30-21-6-9-35-25(19)21)13-32-23-12-22(33-14-34-23)18-10-17-4-3-7-31-24(17)20(11-18)26(27,28)29/h3-5,7-8,10-12,14-16H,6,9,13H2,1-2H3,(H,32,33,34)/t15-,16?/m1/s1. The normalized spacial score (nSPS) is 14.9. The van der Waals surface area contributed by atoms with Gasteiger partial charge in [0.1, 0.15) is 17.9 Å². The van der Waals surface area contributed by atoms with E-state index in [2.05, 4.69) is 39.1 Å². The van der Waals surface area contributed by atoms with E-state index in [4.69, 9.17) is 4.74 Å². The Morgan fingerprint density at radius 3 is 2.71 bits per heavy atom. The van der Waals surface area contributed by atoms with Gasteiger partial charge in [-0.05, 0) is 36.1 Å². The quantitative estimate of drug-likeness (QED) is 0.372. The average molecular weight is 480 g/mol. The summed E-state index contributed by atoms with van der Waals surface area (Å²) < 4.78 is 46.9. The van der Waals surface area contributed by atoms with Crippen molar-refractivity contribution in [1.29, 1.82) is 0 Å². The summed E-state index contributed by atoms with van der Waals surface area (Å²) in [6.07, 6.45) is 0.839. The number of hydrogen-bond acceptors (Lipinski definition) is 6. The topological polar surface area (TPSA) is 72.8 Å². The Hall–Kier alpha value is -3.75. The number of nitrogens with one attached hydrogen (secondary N) is 1. The van der Waals surface area contributed by atoms with Gasteiger partial charge in [-0.2, -0.15) is 13.2 Å². The molecule has 1 N–H and O–H groups in total. The van der Waals surface area contributed by atoms with E-state index in [1.807, 2.05) is 12.3 Å². The van der Waals surface area contributed by atoms with Crippen molar-refractivity contribution in [2.45, 2.75) is 32.4 Å². The number of benzene rings is 1. The number of pyridine rings is 2. The van der Waals surface area contributed by atoms with Crippen molar-refractivity contribution < 1.29 is 17.9 Å². The van der Waals surface area contributed by atoms with Crippen molar-refractivity contribution in [3.05, 3.63) is 71.9 Å². The van der Waals surface area contributed by atoms with Crippen LogP contribution in [0.15, 0.2) is 55.1 Å². The Kier molecular flexibility index (Phi) is 6.00. The van der Waals surface area contributed by atoms with E-state index in [1.54, 1.807) is 24.3 Å². The molecule has 3 aromatic heterocycles. The number of aromatic nitrogens is 4. The Morgan fingerprint density at radius 2 is 1.89 bits per heavy atom. The third-order valence-corrected chi connectivity index (χ3v) is 6.52. The highest BCUT2D eigenvalue weighted by molar-refractivity contribution is 5.87. The van der Waals surface area contributed by atoms with E-state index in [0.29, 0.717) is 35.6 Å². The van der Waals surface area contributed by atoms with Crippen LogP contribution in [0, 0.1) is 5.92 Å². The van der Waals surface area contributed by atoms with Crippen LogP contribution < -0.4 is 10.1 Å². The van der Waals surface area contributed by atoms with Crippen LogP contribution in [0.4, 0.5) is 19.0 Å². The molecule has 1 aliphatic heterocycles. The summed E-state index contributed by atoms with van der Waals surface area (Å²) in [5.74, 6) is 1.88. The maximum atomic E-state index is 13.7. The largest absolute Gasteiger partial charge is 0.491 e. The molecule has 4 heterocycles. The third-order valence-electron chi connectivity index (χ3n) is 6.52. The molecule has 35 heavy (non-hydrogen) atoms. The summed E-state index contributed by atoms with van der Waals surface area (Å²) in [4.78, 5) is 16.8.